The summed E-state index contributed by atoms with van der Waals surface area (Å²) < 4.78 is 5.63. The molecule has 2 aliphatic heterocycles. The largest absolute Gasteiger partial charge is 0.373 e. The molecule has 116 valence electrons. The Morgan fingerprint density at radius 2 is 1.85 bits per heavy atom. The second kappa shape index (κ2) is 6.41. The zero-order valence-corrected chi connectivity index (χ0v) is 13.2. The van der Waals surface area contributed by atoms with Crippen molar-refractivity contribution in [3.05, 3.63) is 0 Å². The molecule has 20 heavy (non-hydrogen) atoms. The molecule has 0 aromatic rings. The average Bonchev–Trinajstić information content (AvgIpc) is 2.76. The molecular formula is C15H29N3O2. The summed E-state index contributed by atoms with van der Waals surface area (Å²) >= 11 is 0. The molecule has 0 bridgehead atoms. The SMILES string of the molecule is CC(N)C1CN(C(=O)C(C)N2C(C)CCC2C)CCO1. The lowest BCUT2D eigenvalue weighted by atomic mass is 10.1. The number of nitrogens with two attached hydrogens (primary N) is 1. The molecule has 0 aromatic heterocycles. The fraction of sp³-hybridized carbons (Fsp3) is 0.933. The lowest BCUT2D eigenvalue weighted by Crippen LogP contribution is -2.56. The number of ether oxygens (including phenoxy) is 1. The molecule has 2 aliphatic rings. The Kier molecular flexibility index (Phi) is 5.04. The van der Waals surface area contributed by atoms with Crippen LogP contribution in [0.2, 0.25) is 0 Å². The van der Waals surface area contributed by atoms with Crippen LogP contribution >= 0.6 is 0 Å². The summed E-state index contributed by atoms with van der Waals surface area (Å²) in [7, 11) is 0. The number of amides is 1. The first kappa shape index (κ1) is 15.7. The predicted molar refractivity (Wildman–Crippen MR) is 79.4 cm³/mol. The second-order valence-electron chi connectivity index (χ2n) is 6.45. The van der Waals surface area contributed by atoms with Crippen molar-refractivity contribution in [1.29, 1.82) is 0 Å². The van der Waals surface area contributed by atoms with Gasteiger partial charge in [0.15, 0.2) is 0 Å². The molecule has 0 aromatic carbocycles. The molecule has 2 rings (SSSR count). The summed E-state index contributed by atoms with van der Waals surface area (Å²) in [4.78, 5) is 17.0. The Balaban J connectivity index is 1.99. The van der Waals surface area contributed by atoms with Crippen molar-refractivity contribution < 1.29 is 9.53 Å². The molecule has 2 saturated heterocycles. The van der Waals surface area contributed by atoms with Gasteiger partial charge < -0.3 is 15.4 Å². The van der Waals surface area contributed by atoms with Gasteiger partial charge in [0.1, 0.15) is 0 Å². The Hall–Kier alpha value is -0.650. The smallest absolute Gasteiger partial charge is 0.239 e. The number of nitrogens with zero attached hydrogens (tertiary/aromatic N) is 2. The first-order valence-corrected chi connectivity index (χ1v) is 7.85. The third kappa shape index (κ3) is 3.15. The molecule has 2 N–H and O–H groups in total. The van der Waals surface area contributed by atoms with Crippen molar-refractivity contribution in [2.75, 3.05) is 19.7 Å². The van der Waals surface area contributed by atoms with Gasteiger partial charge in [0.25, 0.3) is 0 Å². The zero-order chi connectivity index (χ0) is 14.9. The minimum atomic E-state index is -0.0469. The highest BCUT2D eigenvalue weighted by atomic mass is 16.5. The summed E-state index contributed by atoms with van der Waals surface area (Å²) in [5.74, 6) is 0.222. The van der Waals surface area contributed by atoms with E-state index in [4.69, 9.17) is 10.5 Å². The second-order valence-corrected chi connectivity index (χ2v) is 6.45. The van der Waals surface area contributed by atoms with Crippen molar-refractivity contribution in [2.24, 2.45) is 5.73 Å². The lowest BCUT2D eigenvalue weighted by molar-refractivity contribution is -0.145. The van der Waals surface area contributed by atoms with E-state index in [9.17, 15) is 4.79 Å². The Bertz CT molecular complexity index is 338. The van der Waals surface area contributed by atoms with Crippen molar-refractivity contribution in [2.45, 2.75) is 70.8 Å². The van der Waals surface area contributed by atoms with Gasteiger partial charge in [0, 0.05) is 31.2 Å². The van der Waals surface area contributed by atoms with Gasteiger partial charge in [0.2, 0.25) is 5.91 Å². The highest BCUT2D eigenvalue weighted by molar-refractivity contribution is 5.81. The summed E-state index contributed by atoms with van der Waals surface area (Å²) in [6.45, 7) is 10.3. The number of carbonyl (C=O) groups excluding carboxylic acids is 1. The van der Waals surface area contributed by atoms with E-state index in [0.29, 0.717) is 31.8 Å². The first-order chi connectivity index (χ1) is 9.41. The molecule has 5 unspecified atom stereocenters. The van der Waals surface area contributed by atoms with Crippen LogP contribution in [0.25, 0.3) is 0 Å². The van der Waals surface area contributed by atoms with Crippen LogP contribution in [0, 0.1) is 0 Å². The number of rotatable bonds is 3. The van der Waals surface area contributed by atoms with Crippen LogP contribution in [0.5, 0.6) is 0 Å². The van der Waals surface area contributed by atoms with E-state index in [-0.39, 0.29) is 24.1 Å². The van der Waals surface area contributed by atoms with Gasteiger partial charge >= 0.3 is 0 Å². The molecule has 1 amide bonds. The Morgan fingerprint density at radius 3 is 2.40 bits per heavy atom. The summed E-state index contributed by atoms with van der Waals surface area (Å²) in [6, 6.07) is 0.906. The van der Waals surface area contributed by atoms with Gasteiger partial charge in [0.05, 0.1) is 18.8 Å². The number of likely N-dealkylation sites (tertiary alicyclic amines) is 1. The molecule has 5 nitrogen and oxygen atoms in total. The van der Waals surface area contributed by atoms with E-state index in [1.165, 1.54) is 12.8 Å². The van der Waals surface area contributed by atoms with Crippen LogP contribution in [-0.2, 0) is 9.53 Å². The van der Waals surface area contributed by atoms with E-state index in [1.54, 1.807) is 0 Å². The number of carbonyl (C=O) groups is 1. The van der Waals surface area contributed by atoms with Crippen molar-refractivity contribution in [1.82, 2.24) is 9.80 Å². The van der Waals surface area contributed by atoms with Crippen LogP contribution in [0.3, 0.4) is 0 Å². The summed E-state index contributed by atoms with van der Waals surface area (Å²) in [5, 5.41) is 0. The first-order valence-electron chi connectivity index (χ1n) is 7.85. The van der Waals surface area contributed by atoms with Crippen LogP contribution in [0.1, 0.15) is 40.5 Å². The Labute approximate surface area is 122 Å². The maximum Gasteiger partial charge on any atom is 0.239 e. The molecule has 0 spiro atoms. The quantitative estimate of drug-likeness (QED) is 0.833. The normalized spacial score (nSPS) is 35.0. The summed E-state index contributed by atoms with van der Waals surface area (Å²) in [5.41, 5.74) is 5.90. The number of morpholine rings is 1. The predicted octanol–water partition coefficient (Wildman–Crippen LogP) is 0.822. The third-order valence-electron chi connectivity index (χ3n) is 4.82. The fourth-order valence-corrected chi connectivity index (χ4v) is 3.56. The molecule has 2 fully saturated rings. The molecule has 0 radical (unpaired) electrons. The molecule has 2 heterocycles. The van der Waals surface area contributed by atoms with Crippen LogP contribution in [0.15, 0.2) is 0 Å². The molecule has 0 saturated carbocycles. The minimum Gasteiger partial charge on any atom is -0.373 e. The highest BCUT2D eigenvalue weighted by Crippen LogP contribution is 2.27. The van der Waals surface area contributed by atoms with Crippen LogP contribution in [0.4, 0.5) is 0 Å². The number of hydrogen-bond donors (Lipinski definition) is 1. The van der Waals surface area contributed by atoms with Gasteiger partial charge in [-0.05, 0) is 40.5 Å². The topological polar surface area (TPSA) is 58.8 Å². The van der Waals surface area contributed by atoms with E-state index < -0.39 is 0 Å². The molecule has 0 aliphatic carbocycles. The van der Waals surface area contributed by atoms with E-state index in [0.717, 1.165) is 0 Å². The minimum absolute atomic E-state index is 0.0340. The van der Waals surface area contributed by atoms with Gasteiger partial charge in [-0.25, -0.2) is 0 Å². The molecule has 5 atom stereocenters. The van der Waals surface area contributed by atoms with E-state index >= 15 is 0 Å². The van der Waals surface area contributed by atoms with Crippen LogP contribution < -0.4 is 5.73 Å². The summed E-state index contributed by atoms with van der Waals surface area (Å²) in [6.07, 6.45) is 2.34. The van der Waals surface area contributed by atoms with Crippen LogP contribution in [-0.4, -0.2) is 65.7 Å². The fourth-order valence-electron chi connectivity index (χ4n) is 3.56. The van der Waals surface area contributed by atoms with Gasteiger partial charge in [-0.2, -0.15) is 0 Å². The molecule has 5 heteroatoms. The van der Waals surface area contributed by atoms with Crippen molar-refractivity contribution in [3.8, 4) is 0 Å². The third-order valence-corrected chi connectivity index (χ3v) is 4.82. The van der Waals surface area contributed by atoms with Crippen molar-refractivity contribution in [3.63, 3.8) is 0 Å². The average molecular weight is 283 g/mol. The standard InChI is InChI=1S/C15H29N3O2/c1-10-5-6-11(2)18(10)13(4)15(19)17-7-8-20-14(9-17)12(3)16/h10-14H,5-9,16H2,1-4H3. The van der Waals surface area contributed by atoms with Gasteiger partial charge in [-0.3, -0.25) is 9.69 Å². The van der Waals surface area contributed by atoms with Gasteiger partial charge in [-0.1, -0.05) is 0 Å². The van der Waals surface area contributed by atoms with E-state index in [2.05, 4.69) is 18.7 Å². The maximum absolute atomic E-state index is 12.7. The number of hydrogen-bond acceptors (Lipinski definition) is 4. The van der Waals surface area contributed by atoms with E-state index in [1.807, 2.05) is 18.7 Å². The monoisotopic (exact) mass is 283 g/mol. The maximum atomic E-state index is 12.7. The van der Waals surface area contributed by atoms with Gasteiger partial charge in [-0.15, -0.1) is 0 Å². The Morgan fingerprint density at radius 1 is 1.25 bits per heavy atom. The lowest BCUT2D eigenvalue weighted by Gasteiger charge is -2.39. The highest BCUT2D eigenvalue weighted by Gasteiger charge is 2.37. The van der Waals surface area contributed by atoms with Crippen molar-refractivity contribution >= 4 is 5.91 Å². The molecular weight excluding hydrogens is 254 g/mol. The zero-order valence-electron chi connectivity index (χ0n) is 13.2.